The first-order valence-corrected chi connectivity index (χ1v) is 12.9. The Morgan fingerprint density at radius 1 is 1.11 bits per heavy atom. The first-order valence-electron chi connectivity index (χ1n) is 12.5. The Morgan fingerprint density at radius 2 is 1.86 bits per heavy atom. The van der Waals surface area contributed by atoms with Crippen LogP contribution in [0.5, 0.6) is 5.75 Å². The minimum atomic E-state index is -0.168. The molecule has 2 N–H and O–H groups in total. The molecule has 2 saturated heterocycles. The van der Waals surface area contributed by atoms with Crippen LogP contribution in [0.2, 0.25) is 5.02 Å². The van der Waals surface area contributed by atoms with Gasteiger partial charge in [0, 0.05) is 30.9 Å². The third-order valence-electron chi connectivity index (χ3n) is 6.72. The highest BCUT2D eigenvalue weighted by atomic mass is 35.5. The number of para-hydroxylation sites is 1. The highest BCUT2D eigenvalue weighted by molar-refractivity contribution is 6.32. The van der Waals surface area contributed by atoms with Crippen LogP contribution < -0.4 is 10.5 Å². The summed E-state index contributed by atoms with van der Waals surface area (Å²) >= 11 is 6.22. The topological polar surface area (TPSA) is 97.5 Å². The van der Waals surface area contributed by atoms with E-state index in [0.717, 1.165) is 37.0 Å². The van der Waals surface area contributed by atoms with Gasteiger partial charge < -0.3 is 25.0 Å². The zero-order valence-corrected chi connectivity index (χ0v) is 21.3. The molecule has 3 atom stereocenters. The van der Waals surface area contributed by atoms with Crippen molar-refractivity contribution in [2.75, 3.05) is 32.7 Å². The van der Waals surface area contributed by atoms with Gasteiger partial charge >= 0.3 is 0 Å². The molecule has 2 aliphatic heterocycles. The van der Waals surface area contributed by atoms with Crippen LogP contribution in [0, 0.1) is 0 Å². The van der Waals surface area contributed by atoms with E-state index in [1.54, 1.807) is 15.9 Å². The summed E-state index contributed by atoms with van der Waals surface area (Å²) in [5.74, 6) is 0.425. The number of amides is 2. The Hall–Kier alpha value is -2.58. The number of rotatable bonds is 5. The van der Waals surface area contributed by atoms with Gasteiger partial charge in [-0.2, -0.15) is 0 Å². The second kappa shape index (κ2) is 11.4. The number of benzene rings is 1. The predicted molar refractivity (Wildman–Crippen MR) is 136 cm³/mol. The van der Waals surface area contributed by atoms with Gasteiger partial charge in [-0.25, -0.2) is 0 Å². The summed E-state index contributed by atoms with van der Waals surface area (Å²) in [6, 6.07) is 7.38. The van der Waals surface area contributed by atoms with Crippen molar-refractivity contribution < 1.29 is 19.1 Å². The summed E-state index contributed by atoms with van der Waals surface area (Å²) in [6.07, 6.45) is 3.89. The molecule has 1 aliphatic carbocycles. The second-order valence-corrected chi connectivity index (χ2v) is 10.0. The number of piperidine rings is 1. The first-order chi connectivity index (χ1) is 16.8. The molecule has 0 spiro atoms. The van der Waals surface area contributed by atoms with E-state index in [2.05, 4.69) is 4.99 Å². The molecular formula is C26H35ClN4O4. The van der Waals surface area contributed by atoms with Crippen molar-refractivity contribution in [3.05, 3.63) is 40.6 Å². The Kier molecular flexibility index (Phi) is 8.34. The summed E-state index contributed by atoms with van der Waals surface area (Å²) in [6.45, 7) is 6.19. The normalized spacial score (nSPS) is 27.7. The molecule has 190 valence electrons. The van der Waals surface area contributed by atoms with Crippen LogP contribution >= 0.6 is 11.6 Å². The minimum absolute atomic E-state index is 0.0231. The lowest BCUT2D eigenvalue weighted by Crippen LogP contribution is -2.49. The van der Waals surface area contributed by atoms with Gasteiger partial charge in [-0.15, -0.1) is 0 Å². The molecule has 0 aromatic heterocycles. The highest BCUT2D eigenvalue weighted by Crippen LogP contribution is 2.27. The van der Waals surface area contributed by atoms with Gasteiger partial charge in [0.15, 0.2) is 0 Å². The highest BCUT2D eigenvalue weighted by Gasteiger charge is 2.30. The number of morpholine rings is 1. The fraction of sp³-hybridized carbons (Fsp3) is 0.577. The third kappa shape index (κ3) is 6.35. The van der Waals surface area contributed by atoms with Gasteiger partial charge in [-0.3, -0.25) is 14.6 Å². The van der Waals surface area contributed by atoms with E-state index in [-0.39, 0.29) is 42.4 Å². The number of nitrogens with zero attached hydrogens (tertiary/aromatic N) is 3. The maximum atomic E-state index is 13.1. The molecule has 1 saturated carbocycles. The summed E-state index contributed by atoms with van der Waals surface area (Å²) in [5, 5.41) is 0.566. The number of hydrogen-bond donors (Lipinski definition) is 1. The third-order valence-corrected chi connectivity index (χ3v) is 7.03. The van der Waals surface area contributed by atoms with Gasteiger partial charge in [0.1, 0.15) is 24.1 Å². The van der Waals surface area contributed by atoms with E-state index in [4.69, 9.17) is 26.8 Å². The standard InChI is InChI=1S/C26H35ClN4O4/c1-17-14-31(15-18(2)34-17)26(33)25(28)20-8-5-10-22(20)29-13-24(32)30-12-6-7-19(16-30)35-23-11-4-3-9-21(23)27/h3-4,9,11,17-19H,5-8,10,12-16,28H2,1-2H3/b25-20-,29-22?/t17-,18+,19?. The molecule has 4 rings (SSSR count). The molecule has 35 heavy (non-hydrogen) atoms. The van der Waals surface area contributed by atoms with Crippen molar-refractivity contribution in [3.8, 4) is 5.75 Å². The Bertz CT molecular complexity index is 1000. The van der Waals surface area contributed by atoms with Gasteiger partial charge in [0.05, 0.1) is 23.8 Å². The maximum absolute atomic E-state index is 13.1. The molecule has 2 amide bonds. The monoisotopic (exact) mass is 502 g/mol. The molecule has 1 unspecified atom stereocenters. The number of halogens is 1. The van der Waals surface area contributed by atoms with Crippen LogP contribution in [0.3, 0.4) is 0 Å². The lowest BCUT2D eigenvalue weighted by Gasteiger charge is -2.35. The SMILES string of the molecule is C[C@@H]1CN(C(=O)/C(N)=C2\CCCC2=NCC(=O)N2CCCC(Oc3ccccc3Cl)C2)C[C@H](C)O1. The fourth-order valence-corrected chi connectivity index (χ4v) is 5.26. The van der Waals surface area contributed by atoms with Crippen LogP contribution in [0.4, 0.5) is 0 Å². The van der Waals surface area contributed by atoms with Crippen LogP contribution in [-0.2, 0) is 14.3 Å². The zero-order valence-electron chi connectivity index (χ0n) is 20.5. The quantitative estimate of drug-likeness (QED) is 0.624. The van der Waals surface area contributed by atoms with E-state index in [9.17, 15) is 9.59 Å². The van der Waals surface area contributed by atoms with Crippen molar-refractivity contribution in [1.82, 2.24) is 9.80 Å². The second-order valence-electron chi connectivity index (χ2n) is 9.63. The van der Waals surface area contributed by atoms with Crippen LogP contribution in [0.25, 0.3) is 0 Å². The Morgan fingerprint density at radius 3 is 2.60 bits per heavy atom. The number of carbonyl (C=O) groups is 2. The molecule has 8 nitrogen and oxygen atoms in total. The first kappa shape index (κ1) is 25.5. The maximum Gasteiger partial charge on any atom is 0.270 e. The Balaban J connectivity index is 1.37. The van der Waals surface area contributed by atoms with Gasteiger partial charge in [0.25, 0.3) is 5.91 Å². The molecule has 9 heteroatoms. The van der Waals surface area contributed by atoms with Gasteiger partial charge in [-0.1, -0.05) is 23.7 Å². The number of likely N-dealkylation sites (tertiary alicyclic amines) is 1. The van der Waals surface area contributed by atoms with E-state index in [0.29, 0.717) is 43.4 Å². The summed E-state index contributed by atoms with van der Waals surface area (Å²) < 4.78 is 11.8. The predicted octanol–water partition coefficient (Wildman–Crippen LogP) is 3.18. The Labute approximate surface area is 212 Å². The van der Waals surface area contributed by atoms with E-state index < -0.39 is 0 Å². The average molecular weight is 503 g/mol. The number of carbonyl (C=O) groups excluding carboxylic acids is 2. The largest absolute Gasteiger partial charge is 0.487 e. The van der Waals surface area contributed by atoms with Crippen LogP contribution in [0.1, 0.15) is 46.0 Å². The minimum Gasteiger partial charge on any atom is -0.487 e. The van der Waals surface area contributed by atoms with Crippen molar-refractivity contribution in [3.63, 3.8) is 0 Å². The van der Waals surface area contributed by atoms with Crippen LogP contribution in [0.15, 0.2) is 40.5 Å². The number of aliphatic imine (C=N–C) groups is 1. The molecule has 2 heterocycles. The van der Waals surface area contributed by atoms with Crippen LogP contribution in [-0.4, -0.2) is 78.4 Å². The smallest absolute Gasteiger partial charge is 0.270 e. The molecule has 3 aliphatic rings. The molecule has 1 aromatic carbocycles. The van der Waals surface area contributed by atoms with E-state index in [1.807, 2.05) is 32.0 Å². The average Bonchev–Trinajstić information content (AvgIpc) is 3.31. The number of hydrogen-bond acceptors (Lipinski definition) is 6. The number of nitrogens with two attached hydrogens (primary N) is 1. The number of allylic oxidation sites excluding steroid dienone is 1. The lowest BCUT2D eigenvalue weighted by atomic mass is 10.1. The molecule has 0 bridgehead atoms. The molecule has 0 radical (unpaired) electrons. The molecule has 1 aromatic rings. The lowest BCUT2D eigenvalue weighted by molar-refractivity contribution is -0.139. The van der Waals surface area contributed by atoms with Gasteiger partial charge in [0.2, 0.25) is 5.91 Å². The molecular weight excluding hydrogens is 468 g/mol. The summed E-state index contributed by atoms with van der Waals surface area (Å²) in [7, 11) is 0. The zero-order chi connectivity index (χ0) is 24.9. The van der Waals surface area contributed by atoms with Crippen molar-refractivity contribution in [2.45, 2.75) is 64.3 Å². The van der Waals surface area contributed by atoms with Crippen molar-refractivity contribution in [2.24, 2.45) is 10.7 Å². The summed E-state index contributed by atoms with van der Waals surface area (Å²) in [4.78, 5) is 34.2. The van der Waals surface area contributed by atoms with Gasteiger partial charge in [-0.05, 0) is 58.1 Å². The van der Waals surface area contributed by atoms with Crippen molar-refractivity contribution >= 4 is 29.1 Å². The summed E-state index contributed by atoms with van der Waals surface area (Å²) in [5.41, 5.74) is 8.15. The number of ether oxygens (including phenoxy) is 2. The van der Waals surface area contributed by atoms with E-state index >= 15 is 0 Å². The fourth-order valence-electron chi connectivity index (χ4n) is 5.08. The molecule has 3 fully saturated rings. The van der Waals surface area contributed by atoms with Crippen molar-refractivity contribution in [1.29, 1.82) is 0 Å². The van der Waals surface area contributed by atoms with E-state index in [1.165, 1.54) is 0 Å².